The maximum atomic E-state index is 12.2. The minimum absolute atomic E-state index is 0.0294. The molecule has 1 aromatic rings. The summed E-state index contributed by atoms with van der Waals surface area (Å²) < 4.78 is 36.6. The van der Waals surface area contributed by atoms with Gasteiger partial charge in [0.1, 0.15) is 0 Å². The topological polar surface area (TPSA) is 37.4 Å². The van der Waals surface area contributed by atoms with Crippen LogP contribution in [0.2, 0.25) is 0 Å². The molecule has 0 aliphatic carbocycles. The Morgan fingerprint density at radius 1 is 1.10 bits per heavy atom. The Bertz CT molecular complexity index is 510. The van der Waals surface area contributed by atoms with E-state index in [9.17, 15) is 22.8 Å². The lowest BCUT2D eigenvalue weighted by Crippen LogP contribution is -2.32. The highest BCUT2D eigenvalue weighted by Crippen LogP contribution is 2.28. The van der Waals surface area contributed by atoms with Gasteiger partial charge in [-0.25, -0.2) is 0 Å². The molecule has 0 saturated heterocycles. The molecule has 3 nitrogen and oxygen atoms in total. The molecule has 1 unspecified atom stereocenters. The monoisotopic (exact) mass is 349 g/mol. The fourth-order valence-electron chi connectivity index (χ4n) is 2.06. The number of carbonyl (C=O) groups excluding carboxylic acids is 2. The van der Waals surface area contributed by atoms with Crippen LogP contribution in [-0.4, -0.2) is 34.3 Å². The SMILES string of the molecule is O=C1c2ccccc2C(=O)N1CCC(Br)CC(F)(F)F. The number of nitrogens with zero attached hydrogens (tertiary/aromatic N) is 1. The van der Waals surface area contributed by atoms with Crippen LogP contribution < -0.4 is 0 Å². The predicted molar refractivity (Wildman–Crippen MR) is 69.8 cm³/mol. The van der Waals surface area contributed by atoms with Crippen molar-refractivity contribution in [3.8, 4) is 0 Å². The highest BCUT2D eigenvalue weighted by molar-refractivity contribution is 9.09. The zero-order valence-electron chi connectivity index (χ0n) is 10.3. The van der Waals surface area contributed by atoms with Gasteiger partial charge in [-0.05, 0) is 18.6 Å². The molecule has 0 saturated carbocycles. The summed E-state index contributed by atoms with van der Waals surface area (Å²) in [4.78, 5) is 24.1. The Morgan fingerprint density at radius 3 is 2.05 bits per heavy atom. The molecule has 0 fully saturated rings. The van der Waals surface area contributed by atoms with E-state index >= 15 is 0 Å². The summed E-state index contributed by atoms with van der Waals surface area (Å²) in [5.41, 5.74) is 0.610. The van der Waals surface area contributed by atoms with Crippen LogP contribution >= 0.6 is 15.9 Å². The highest BCUT2D eigenvalue weighted by Gasteiger charge is 2.36. The van der Waals surface area contributed by atoms with Crippen molar-refractivity contribution in [1.82, 2.24) is 4.90 Å². The van der Waals surface area contributed by atoms with Crippen LogP contribution in [0.5, 0.6) is 0 Å². The summed E-state index contributed by atoms with van der Waals surface area (Å²) in [6, 6.07) is 6.36. The maximum Gasteiger partial charge on any atom is 0.390 e. The van der Waals surface area contributed by atoms with Crippen LogP contribution in [0.25, 0.3) is 0 Å². The van der Waals surface area contributed by atoms with Gasteiger partial charge < -0.3 is 0 Å². The summed E-state index contributed by atoms with van der Waals surface area (Å²) in [6.07, 6.45) is -5.20. The molecule has 2 rings (SSSR count). The van der Waals surface area contributed by atoms with E-state index in [1.165, 1.54) is 12.1 Å². The minimum atomic E-state index is -4.27. The number of halogens is 4. The molecule has 0 N–H and O–H groups in total. The van der Waals surface area contributed by atoms with Gasteiger partial charge in [0.2, 0.25) is 0 Å². The molecule has 7 heteroatoms. The van der Waals surface area contributed by atoms with Crippen molar-refractivity contribution in [2.24, 2.45) is 0 Å². The average Bonchev–Trinajstić information content (AvgIpc) is 2.59. The van der Waals surface area contributed by atoms with E-state index < -0.39 is 29.2 Å². The van der Waals surface area contributed by atoms with E-state index in [1.54, 1.807) is 12.1 Å². The first kappa shape index (κ1) is 15.0. The van der Waals surface area contributed by atoms with Crippen molar-refractivity contribution >= 4 is 27.7 Å². The lowest BCUT2D eigenvalue weighted by Gasteiger charge is -2.17. The quantitative estimate of drug-likeness (QED) is 0.617. The molecule has 20 heavy (non-hydrogen) atoms. The predicted octanol–water partition coefficient (Wildman–Crippen LogP) is 3.39. The molecule has 0 spiro atoms. The van der Waals surface area contributed by atoms with Gasteiger partial charge in [0.15, 0.2) is 0 Å². The van der Waals surface area contributed by atoms with Crippen LogP contribution in [0, 0.1) is 0 Å². The zero-order valence-corrected chi connectivity index (χ0v) is 11.9. The third-order valence-electron chi connectivity index (χ3n) is 3.00. The summed E-state index contributed by atoms with van der Waals surface area (Å²) in [6.45, 7) is -0.0294. The van der Waals surface area contributed by atoms with Gasteiger partial charge in [-0.3, -0.25) is 14.5 Å². The number of hydrogen-bond donors (Lipinski definition) is 0. The molecule has 1 aromatic carbocycles. The average molecular weight is 350 g/mol. The molecule has 0 bridgehead atoms. The molecule has 2 amide bonds. The Kier molecular flexibility index (Phi) is 4.17. The molecule has 108 valence electrons. The van der Waals surface area contributed by atoms with E-state index in [4.69, 9.17) is 0 Å². The van der Waals surface area contributed by atoms with Crippen LogP contribution in [0.3, 0.4) is 0 Å². The zero-order chi connectivity index (χ0) is 14.9. The van der Waals surface area contributed by atoms with Gasteiger partial charge >= 0.3 is 6.18 Å². The number of carbonyl (C=O) groups is 2. The van der Waals surface area contributed by atoms with E-state index in [1.807, 2.05) is 0 Å². The van der Waals surface area contributed by atoms with Gasteiger partial charge in [-0.15, -0.1) is 0 Å². The molecule has 1 atom stereocenters. The van der Waals surface area contributed by atoms with E-state index in [2.05, 4.69) is 15.9 Å². The number of hydrogen-bond acceptors (Lipinski definition) is 2. The Hall–Kier alpha value is -1.37. The number of amides is 2. The first-order valence-electron chi connectivity index (χ1n) is 5.95. The molecular weight excluding hydrogens is 339 g/mol. The van der Waals surface area contributed by atoms with Crippen molar-refractivity contribution in [3.05, 3.63) is 35.4 Å². The van der Waals surface area contributed by atoms with Crippen molar-refractivity contribution in [3.63, 3.8) is 0 Å². The van der Waals surface area contributed by atoms with Gasteiger partial charge in [0.05, 0.1) is 17.5 Å². The van der Waals surface area contributed by atoms with Crippen molar-refractivity contribution in [1.29, 1.82) is 0 Å². The van der Waals surface area contributed by atoms with Crippen molar-refractivity contribution < 1.29 is 22.8 Å². The fourth-order valence-corrected chi connectivity index (χ4v) is 2.64. The minimum Gasteiger partial charge on any atom is -0.274 e. The summed E-state index contributed by atoms with van der Waals surface area (Å²) >= 11 is 2.93. The lowest BCUT2D eigenvalue weighted by molar-refractivity contribution is -0.134. The molecule has 1 heterocycles. The summed E-state index contributed by atoms with van der Waals surface area (Å²) in [5.74, 6) is -0.894. The summed E-state index contributed by atoms with van der Waals surface area (Å²) in [7, 11) is 0. The van der Waals surface area contributed by atoms with Crippen LogP contribution in [0.15, 0.2) is 24.3 Å². The first-order chi connectivity index (χ1) is 9.29. The van der Waals surface area contributed by atoms with Gasteiger partial charge in [-0.1, -0.05) is 28.1 Å². The third kappa shape index (κ3) is 3.20. The normalized spacial score (nSPS) is 16.5. The number of fused-ring (bicyclic) bond motifs is 1. The fraction of sp³-hybridized carbons (Fsp3) is 0.385. The molecule has 1 aliphatic heterocycles. The van der Waals surface area contributed by atoms with E-state index in [0.29, 0.717) is 11.1 Å². The number of rotatable bonds is 4. The second-order valence-electron chi connectivity index (χ2n) is 4.51. The van der Waals surface area contributed by atoms with Crippen LogP contribution in [0.1, 0.15) is 33.6 Å². The van der Waals surface area contributed by atoms with Crippen LogP contribution in [-0.2, 0) is 0 Å². The number of benzene rings is 1. The summed E-state index contributed by atoms with van der Waals surface area (Å²) in [5, 5.41) is 0. The highest BCUT2D eigenvalue weighted by atomic mass is 79.9. The Balaban J connectivity index is 1.99. The van der Waals surface area contributed by atoms with E-state index in [-0.39, 0.29) is 13.0 Å². The maximum absolute atomic E-state index is 12.2. The van der Waals surface area contributed by atoms with Gasteiger partial charge in [0, 0.05) is 11.4 Å². The largest absolute Gasteiger partial charge is 0.390 e. The Morgan fingerprint density at radius 2 is 1.60 bits per heavy atom. The number of imide groups is 1. The smallest absolute Gasteiger partial charge is 0.274 e. The molecule has 0 aromatic heterocycles. The third-order valence-corrected chi connectivity index (χ3v) is 3.78. The molecular formula is C13H11BrF3NO2. The van der Waals surface area contributed by atoms with E-state index in [0.717, 1.165) is 4.90 Å². The van der Waals surface area contributed by atoms with Crippen molar-refractivity contribution in [2.45, 2.75) is 23.8 Å². The molecule has 1 aliphatic rings. The van der Waals surface area contributed by atoms with Crippen LogP contribution in [0.4, 0.5) is 13.2 Å². The molecule has 0 radical (unpaired) electrons. The van der Waals surface area contributed by atoms with Gasteiger partial charge in [-0.2, -0.15) is 13.2 Å². The first-order valence-corrected chi connectivity index (χ1v) is 6.87. The van der Waals surface area contributed by atoms with Crippen molar-refractivity contribution in [2.75, 3.05) is 6.54 Å². The second-order valence-corrected chi connectivity index (χ2v) is 5.81. The lowest BCUT2D eigenvalue weighted by atomic mass is 10.1. The number of alkyl halides is 4. The second kappa shape index (κ2) is 5.55. The standard InChI is InChI=1S/C13H11BrF3NO2/c14-8(7-13(15,16)17)5-6-18-11(19)9-3-1-2-4-10(9)12(18)20/h1-4,8H,5-7H2. The Labute approximate surface area is 121 Å². The van der Waals surface area contributed by atoms with Gasteiger partial charge in [0.25, 0.3) is 11.8 Å².